The second kappa shape index (κ2) is 5.89. The lowest BCUT2D eigenvalue weighted by Crippen LogP contribution is -2.24. The maximum atomic E-state index is 5.97. The van der Waals surface area contributed by atoms with Gasteiger partial charge in [0.15, 0.2) is 0 Å². The lowest BCUT2D eigenvalue weighted by molar-refractivity contribution is 0.242. The van der Waals surface area contributed by atoms with E-state index in [2.05, 4.69) is 44.0 Å². The molecule has 0 bridgehead atoms. The van der Waals surface area contributed by atoms with Gasteiger partial charge in [-0.3, -0.25) is 4.90 Å². The Hall–Kier alpha value is -0.800. The van der Waals surface area contributed by atoms with Crippen LogP contribution in [0.4, 0.5) is 0 Å². The molecule has 1 heterocycles. The zero-order chi connectivity index (χ0) is 13.1. The Morgan fingerprint density at radius 3 is 2.72 bits per heavy atom. The summed E-state index contributed by atoms with van der Waals surface area (Å²) in [4.78, 5) is 2.51. The number of hydrogen-bond acceptors (Lipinski definition) is 3. The van der Waals surface area contributed by atoms with Gasteiger partial charge in [-0.05, 0) is 37.9 Å². The van der Waals surface area contributed by atoms with Crippen molar-refractivity contribution in [3.05, 3.63) is 23.2 Å². The Kier molecular flexibility index (Phi) is 4.46. The van der Waals surface area contributed by atoms with Crippen LogP contribution < -0.4 is 5.32 Å². The summed E-state index contributed by atoms with van der Waals surface area (Å²) < 4.78 is 5.97. The number of nitrogens with zero attached hydrogens (tertiary/aromatic N) is 1. The first-order chi connectivity index (χ1) is 8.60. The highest BCUT2D eigenvalue weighted by atomic mass is 16.3. The van der Waals surface area contributed by atoms with E-state index in [4.69, 9.17) is 4.42 Å². The molecule has 3 nitrogen and oxygen atoms in total. The third-order valence-electron chi connectivity index (χ3n) is 3.57. The maximum absolute atomic E-state index is 5.97. The standard InChI is InChI=1S/C15H26N2O/c1-5-17(13-6-7-13)10-14-8-12(4)15(18-14)9-16-11(2)3/h8,11,13,16H,5-7,9-10H2,1-4H3. The van der Waals surface area contributed by atoms with Gasteiger partial charge >= 0.3 is 0 Å². The Morgan fingerprint density at radius 2 is 2.17 bits per heavy atom. The molecule has 18 heavy (non-hydrogen) atoms. The van der Waals surface area contributed by atoms with E-state index in [9.17, 15) is 0 Å². The minimum atomic E-state index is 0.497. The topological polar surface area (TPSA) is 28.4 Å². The third-order valence-corrected chi connectivity index (χ3v) is 3.57. The van der Waals surface area contributed by atoms with Crippen LogP contribution >= 0.6 is 0 Å². The van der Waals surface area contributed by atoms with Crippen molar-refractivity contribution < 1.29 is 4.42 Å². The van der Waals surface area contributed by atoms with Crippen molar-refractivity contribution >= 4 is 0 Å². The summed E-state index contributed by atoms with van der Waals surface area (Å²) in [5.74, 6) is 2.20. The number of hydrogen-bond donors (Lipinski definition) is 1. The van der Waals surface area contributed by atoms with Crippen LogP contribution in [-0.2, 0) is 13.1 Å². The molecule has 1 aromatic heterocycles. The van der Waals surface area contributed by atoms with Gasteiger partial charge in [-0.2, -0.15) is 0 Å². The molecular weight excluding hydrogens is 224 g/mol. The third kappa shape index (κ3) is 3.59. The van der Waals surface area contributed by atoms with Crippen molar-refractivity contribution in [1.29, 1.82) is 0 Å². The van der Waals surface area contributed by atoms with Crippen LogP contribution in [0.1, 0.15) is 50.7 Å². The summed E-state index contributed by atoms with van der Waals surface area (Å²) in [6, 6.07) is 3.50. The van der Waals surface area contributed by atoms with Crippen LogP contribution in [-0.4, -0.2) is 23.5 Å². The van der Waals surface area contributed by atoms with Crippen LogP contribution in [0.25, 0.3) is 0 Å². The predicted molar refractivity (Wildman–Crippen MR) is 74.5 cm³/mol. The molecule has 0 unspecified atom stereocenters. The van der Waals surface area contributed by atoms with Gasteiger partial charge in [0.1, 0.15) is 11.5 Å². The summed E-state index contributed by atoms with van der Waals surface area (Å²) >= 11 is 0. The van der Waals surface area contributed by atoms with Crippen LogP contribution in [0.5, 0.6) is 0 Å². The Morgan fingerprint density at radius 1 is 1.44 bits per heavy atom. The fourth-order valence-corrected chi connectivity index (χ4v) is 2.28. The molecule has 0 aliphatic heterocycles. The van der Waals surface area contributed by atoms with Crippen molar-refractivity contribution in [3.8, 4) is 0 Å². The summed E-state index contributed by atoms with van der Waals surface area (Å²) in [5.41, 5.74) is 1.27. The molecule has 1 saturated carbocycles. The quantitative estimate of drug-likeness (QED) is 0.806. The number of aryl methyl sites for hydroxylation is 1. The van der Waals surface area contributed by atoms with Crippen molar-refractivity contribution in [2.75, 3.05) is 6.54 Å². The lowest BCUT2D eigenvalue weighted by Gasteiger charge is -2.17. The average molecular weight is 250 g/mol. The van der Waals surface area contributed by atoms with E-state index >= 15 is 0 Å². The van der Waals surface area contributed by atoms with Gasteiger partial charge in [-0.15, -0.1) is 0 Å². The van der Waals surface area contributed by atoms with Crippen LogP contribution in [0, 0.1) is 6.92 Å². The normalized spacial score (nSPS) is 15.9. The van der Waals surface area contributed by atoms with Crippen molar-refractivity contribution in [2.45, 2.75) is 65.7 Å². The van der Waals surface area contributed by atoms with E-state index < -0.39 is 0 Å². The molecule has 0 saturated heterocycles. The number of rotatable bonds is 7. The SMILES string of the molecule is CCN(Cc1cc(C)c(CNC(C)C)o1)C1CC1. The first-order valence-electron chi connectivity index (χ1n) is 7.15. The molecule has 1 aromatic rings. The Labute approximate surface area is 111 Å². The minimum Gasteiger partial charge on any atom is -0.463 e. The average Bonchev–Trinajstić information content (AvgIpc) is 3.09. The highest BCUT2D eigenvalue weighted by molar-refractivity contribution is 5.20. The van der Waals surface area contributed by atoms with Crippen LogP contribution in [0.15, 0.2) is 10.5 Å². The van der Waals surface area contributed by atoms with E-state index in [0.717, 1.165) is 37.2 Å². The Bertz CT molecular complexity index is 380. The molecule has 1 fully saturated rings. The molecule has 0 amide bonds. The van der Waals surface area contributed by atoms with Gasteiger partial charge in [0, 0.05) is 12.1 Å². The smallest absolute Gasteiger partial charge is 0.120 e. The molecule has 0 aromatic carbocycles. The predicted octanol–water partition coefficient (Wildman–Crippen LogP) is 3.07. The van der Waals surface area contributed by atoms with Gasteiger partial charge in [-0.1, -0.05) is 20.8 Å². The highest BCUT2D eigenvalue weighted by Crippen LogP contribution is 2.28. The van der Waals surface area contributed by atoms with E-state index in [1.807, 2.05) is 0 Å². The molecule has 2 rings (SSSR count). The van der Waals surface area contributed by atoms with E-state index in [-0.39, 0.29) is 0 Å². The van der Waals surface area contributed by atoms with Gasteiger partial charge in [0.25, 0.3) is 0 Å². The second-order valence-electron chi connectivity index (χ2n) is 5.65. The molecule has 1 aliphatic carbocycles. The van der Waals surface area contributed by atoms with Crippen molar-refractivity contribution in [1.82, 2.24) is 10.2 Å². The molecule has 0 atom stereocenters. The monoisotopic (exact) mass is 250 g/mol. The highest BCUT2D eigenvalue weighted by Gasteiger charge is 2.28. The van der Waals surface area contributed by atoms with Crippen molar-refractivity contribution in [2.24, 2.45) is 0 Å². The molecular formula is C15H26N2O. The summed E-state index contributed by atoms with van der Waals surface area (Å²) in [5, 5.41) is 3.41. The first-order valence-corrected chi connectivity index (χ1v) is 7.15. The molecule has 0 spiro atoms. The minimum absolute atomic E-state index is 0.497. The lowest BCUT2D eigenvalue weighted by atomic mass is 10.2. The second-order valence-corrected chi connectivity index (χ2v) is 5.65. The summed E-state index contributed by atoms with van der Waals surface area (Å²) in [6.45, 7) is 11.6. The number of nitrogens with one attached hydrogen (secondary N) is 1. The zero-order valence-corrected chi connectivity index (χ0v) is 12.1. The molecule has 3 heteroatoms. The molecule has 1 N–H and O–H groups in total. The fourth-order valence-electron chi connectivity index (χ4n) is 2.28. The Balaban J connectivity index is 1.94. The molecule has 102 valence electrons. The summed E-state index contributed by atoms with van der Waals surface area (Å²) in [6.07, 6.45) is 2.71. The van der Waals surface area contributed by atoms with Gasteiger partial charge in [0.2, 0.25) is 0 Å². The van der Waals surface area contributed by atoms with Gasteiger partial charge in [0.05, 0.1) is 13.1 Å². The largest absolute Gasteiger partial charge is 0.463 e. The number of furan rings is 1. The fraction of sp³-hybridized carbons (Fsp3) is 0.733. The first kappa shape index (κ1) is 13.6. The van der Waals surface area contributed by atoms with Crippen LogP contribution in [0.2, 0.25) is 0 Å². The maximum Gasteiger partial charge on any atom is 0.120 e. The zero-order valence-electron chi connectivity index (χ0n) is 12.1. The molecule has 1 aliphatic rings. The van der Waals surface area contributed by atoms with Gasteiger partial charge in [-0.25, -0.2) is 0 Å². The van der Waals surface area contributed by atoms with Crippen molar-refractivity contribution in [3.63, 3.8) is 0 Å². The van der Waals surface area contributed by atoms with Crippen LogP contribution in [0.3, 0.4) is 0 Å². The van der Waals surface area contributed by atoms with E-state index in [0.29, 0.717) is 6.04 Å². The van der Waals surface area contributed by atoms with E-state index in [1.54, 1.807) is 0 Å². The molecule has 0 radical (unpaired) electrons. The van der Waals surface area contributed by atoms with E-state index in [1.165, 1.54) is 18.4 Å². The van der Waals surface area contributed by atoms with Gasteiger partial charge < -0.3 is 9.73 Å². The summed E-state index contributed by atoms with van der Waals surface area (Å²) in [7, 11) is 0.